The van der Waals surface area contributed by atoms with Crippen molar-refractivity contribution in [2.24, 2.45) is 0 Å². The quantitative estimate of drug-likeness (QED) is 0.629. The molecule has 3 rings (SSSR count). The first-order chi connectivity index (χ1) is 10.7. The van der Waals surface area contributed by atoms with Crippen LogP contribution in [0.1, 0.15) is 32.1 Å². The summed E-state index contributed by atoms with van der Waals surface area (Å²) in [5.74, 6) is 2.39. The Morgan fingerprint density at radius 3 is 2.82 bits per heavy atom. The molecule has 1 heterocycles. The predicted molar refractivity (Wildman–Crippen MR) is 96.1 cm³/mol. The number of rotatable bonds is 5. The first kappa shape index (κ1) is 15.7. The number of anilines is 1. The fourth-order valence-electron chi connectivity index (χ4n) is 2.88. The number of benzene rings is 1. The topological polar surface area (TPSA) is 42.5 Å². The van der Waals surface area contributed by atoms with Gasteiger partial charge < -0.3 is 20.1 Å². The van der Waals surface area contributed by atoms with Gasteiger partial charge in [-0.05, 0) is 55.6 Å². The number of hydrogen-bond acceptors (Lipinski definition) is 4. The summed E-state index contributed by atoms with van der Waals surface area (Å²) >= 11 is 7.16. The van der Waals surface area contributed by atoms with Crippen LogP contribution in [-0.2, 0) is 0 Å². The van der Waals surface area contributed by atoms with Crippen LogP contribution in [0.15, 0.2) is 18.2 Å². The van der Waals surface area contributed by atoms with Gasteiger partial charge in [-0.25, -0.2) is 0 Å². The number of nitrogens with one attached hydrogen (secondary N) is 2. The van der Waals surface area contributed by atoms with Crippen molar-refractivity contribution in [1.29, 1.82) is 0 Å². The Kier molecular flexibility index (Phi) is 4.98. The summed E-state index contributed by atoms with van der Waals surface area (Å²) in [5.41, 5.74) is 0.930. The van der Waals surface area contributed by atoms with Gasteiger partial charge in [0.05, 0.1) is 0 Å². The van der Waals surface area contributed by atoms with E-state index in [9.17, 15) is 0 Å². The fraction of sp³-hybridized carbons (Fsp3) is 0.562. The number of ether oxygens (including phenoxy) is 2. The summed E-state index contributed by atoms with van der Waals surface area (Å²) in [7, 11) is 0. The van der Waals surface area contributed by atoms with E-state index in [1.54, 1.807) is 0 Å². The standard InChI is InChI=1S/C16H22N2O2S2/c1-22-10-4-9-17-15(21)18-12-5-6-13-14(11-12)20-16(19-13)7-2-3-8-16/h5-6,11H,2-4,7-10H2,1H3,(H2,17,18,21). The summed E-state index contributed by atoms with van der Waals surface area (Å²) in [6.07, 6.45) is 7.50. The zero-order valence-corrected chi connectivity index (χ0v) is 14.4. The van der Waals surface area contributed by atoms with E-state index in [4.69, 9.17) is 21.7 Å². The van der Waals surface area contributed by atoms with Crippen LogP contribution in [0.4, 0.5) is 5.69 Å². The summed E-state index contributed by atoms with van der Waals surface area (Å²) in [4.78, 5) is 0. The Hall–Kier alpha value is -1.14. The highest BCUT2D eigenvalue weighted by Gasteiger charge is 2.44. The third kappa shape index (κ3) is 3.60. The van der Waals surface area contributed by atoms with Crippen molar-refractivity contribution in [2.45, 2.75) is 37.9 Å². The molecule has 2 aliphatic rings. The lowest BCUT2D eigenvalue weighted by Gasteiger charge is -2.21. The van der Waals surface area contributed by atoms with Crippen LogP contribution in [0.2, 0.25) is 0 Å². The maximum absolute atomic E-state index is 6.06. The molecule has 120 valence electrons. The molecule has 1 aromatic rings. The van der Waals surface area contributed by atoms with E-state index in [0.29, 0.717) is 5.11 Å². The van der Waals surface area contributed by atoms with Gasteiger partial charge in [0.15, 0.2) is 16.6 Å². The lowest BCUT2D eigenvalue weighted by molar-refractivity contribution is -0.0716. The van der Waals surface area contributed by atoms with Gasteiger partial charge >= 0.3 is 0 Å². The molecule has 1 saturated carbocycles. The SMILES string of the molecule is CSCCCNC(=S)Nc1ccc2c(c1)OC1(CCCC1)O2. The van der Waals surface area contributed by atoms with Crippen LogP contribution in [0.3, 0.4) is 0 Å². The highest BCUT2D eigenvalue weighted by atomic mass is 32.2. The molecule has 0 bridgehead atoms. The van der Waals surface area contributed by atoms with Gasteiger partial charge in [0.2, 0.25) is 0 Å². The van der Waals surface area contributed by atoms with Crippen molar-refractivity contribution in [1.82, 2.24) is 5.32 Å². The number of fused-ring (bicyclic) bond motifs is 1. The minimum absolute atomic E-state index is 0.405. The van der Waals surface area contributed by atoms with Gasteiger partial charge in [0.1, 0.15) is 0 Å². The second-order valence-electron chi connectivity index (χ2n) is 5.71. The van der Waals surface area contributed by atoms with Gasteiger partial charge in [0.25, 0.3) is 5.79 Å². The lowest BCUT2D eigenvalue weighted by Crippen LogP contribution is -2.34. The van der Waals surface area contributed by atoms with Gasteiger partial charge in [-0.1, -0.05) is 0 Å². The molecule has 6 heteroatoms. The van der Waals surface area contributed by atoms with E-state index in [0.717, 1.165) is 48.7 Å². The zero-order chi connectivity index (χ0) is 15.4. The van der Waals surface area contributed by atoms with E-state index in [-0.39, 0.29) is 0 Å². The van der Waals surface area contributed by atoms with Gasteiger partial charge in [-0.2, -0.15) is 11.8 Å². The summed E-state index contributed by atoms with van der Waals surface area (Å²) in [6.45, 7) is 0.889. The van der Waals surface area contributed by atoms with E-state index >= 15 is 0 Å². The molecular weight excluding hydrogens is 316 g/mol. The highest BCUT2D eigenvalue weighted by molar-refractivity contribution is 7.98. The normalized spacial score (nSPS) is 17.7. The van der Waals surface area contributed by atoms with E-state index in [2.05, 4.69) is 16.9 Å². The van der Waals surface area contributed by atoms with Gasteiger partial charge in [0, 0.05) is 31.1 Å². The van der Waals surface area contributed by atoms with E-state index < -0.39 is 5.79 Å². The third-order valence-electron chi connectivity index (χ3n) is 3.97. The Morgan fingerprint density at radius 2 is 2.05 bits per heavy atom. The minimum atomic E-state index is -0.405. The molecule has 0 unspecified atom stereocenters. The molecule has 1 aliphatic carbocycles. The van der Waals surface area contributed by atoms with Gasteiger partial charge in [-0.15, -0.1) is 0 Å². The van der Waals surface area contributed by atoms with Crippen LogP contribution >= 0.6 is 24.0 Å². The Labute approximate surface area is 141 Å². The van der Waals surface area contributed by atoms with Crippen LogP contribution < -0.4 is 20.1 Å². The molecule has 0 radical (unpaired) electrons. The molecule has 4 nitrogen and oxygen atoms in total. The van der Waals surface area contributed by atoms with Crippen molar-refractivity contribution in [3.05, 3.63) is 18.2 Å². The number of thiocarbonyl (C=S) groups is 1. The number of hydrogen-bond donors (Lipinski definition) is 2. The molecule has 1 spiro atoms. The minimum Gasteiger partial charge on any atom is -0.448 e. The van der Waals surface area contributed by atoms with Crippen molar-refractivity contribution in [3.8, 4) is 11.5 Å². The number of thioether (sulfide) groups is 1. The molecule has 0 atom stereocenters. The fourth-order valence-corrected chi connectivity index (χ4v) is 3.54. The van der Waals surface area contributed by atoms with Gasteiger partial charge in [-0.3, -0.25) is 0 Å². The summed E-state index contributed by atoms with van der Waals surface area (Å²) in [6, 6.07) is 5.91. The Bertz CT molecular complexity index is 545. The zero-order valence-electron chi connectivity index (χ0n) is 12.8. The molecule has 0 saturated heterocycles. The molecular formula is C16H22N2O2S2. The first-order valence-electron chi connectivity index (χ1n) is 7.77. The second kappa shape index (κ2) is 6.96. The van der Waals surface area contributed by atoms with Crippen molar-refractivity contribution in [3.63, 3.8) is 0 Å². The lowest BCUT2D eigenvalue weighted by atomic mass is 10.2. The average Bonchev–Trinajstić information content (AvgIpc) is 3.10. The largest absolute Gasteiger partial charge is 0.448 e. The monoisotopic (exact) mass is 338 g/mol. The van der Waals surface area contributed by atoms with E-state index in [1.165, 1.54) is 12.8 Å². The Morgan fingerprint density at radius 1 is 1.27 bits per heavy atom. The molecule has 1 aromatic carbocycles. The second-order valence-corrected chi connectivity index (χ2v) is 7.10. The third-order valence-corrected chi connectivity index (χ3v) is 4.91. The van der Waals surface area contributed by atoms with E-state index in [1.807, 2.05) is 30.0 Å². The maximum Gasteiger partial charge on any atom is 0.251 e. The average molecular weight is 338 g/mol. The molecule has 2 N–H and O–H groups in total. The molecule has 1 aliphatic heterocycles. The van der Waals surface area contributed by atoms with Crippen molar-refractivity contribution in [2.75, 3.05) is 23.9 Å². The summed E-state index contributed by atoms with van der Waals surface area (Å²) < 4.78 is 12.1. The Balaban J connectivity index is 1.55. The van der Waals surface area contributed by atoms with Crippen LogP contribution in [0.25, 0.3) is 0 Å². The molecule has 0 aromatic heterocycles. The van der Waals surface area contributed by atoms with Crippen molar-refractivity contribution >= 4 is 34.8 Å². The smallest absolute Gasteiger partial charge is 0.251 e. The first-order valence-corrected chi connectivity index (χ1v) is 9.57. The van der Waals surface area contributed by atoms with Crippen LogP contribution in [0.5, 0.6) is 11.5 Å². The predicted octanol–water partition coefficient (Wildman–Crippen LogP) is 3.77. The van der Waals surface area contributed by atoms with Crippen LogP contribution in [-0.4, -0.2) is 29.5 Å². The molecule has 1 fully saturated rings. The molecule has 0 amide bonds. The van der Waals surface area contributed by atoms with Crippen molar-refractivity contribution < 1.29 is 9.47 Å². The van der Waals surface area contributed by atoms with Crippen LogP contribution in [0, 0.1) is 0 Å². The highest BCUT2D eigenvalue weighted by Crippen LogP contribution is 2.47. The summed E-state index contributed by atoms with van der Waals surface area (Å²) in [5, 5.41) is 7.07. The molecule has 22 heavy (non-hydrogen) atoms. The maximum atomic E-state index is 6.06.